The summed E-state index contributed by atoms with van der Waals surface area (Å²) in [6, 6.07) is 0. The van der Waals surface area contributed by atoms with Crippen molar-refractivity contribution in [3.8, 4) is 0 Å². The van der Waals surface area contributed by atoms with Crippen LogP contribution in [-0.4, -0.2) is 60.4 Å². The van der Waals surface area contributed by atoms with E-state index in [-0.39, 0.29) is 30.8 Å². The van der Waals surface area contributed by atoms with Crippen molar-refractivity contribution in [3.05, 3.63) is 0 Å². The van der Waals surface area contributed by atoms with Crippen LogP contribution in [0.25, 0.3) is 0 Å². The number of esters is 2. The van der Waals surface area contributed by atoms with Crippen LogP contribution >= 0.6 is 0 Å². The zero-order valence-corrected chi connectivity index (χ0v) is 28.1. The number of aliphatic hydroxyl groups is 1. The van der Waals surface area contributed by atoms with Crippen molar-refractivity contribution in [2.45, 2.75) is 187 Å². The van der Waals surface area contributed by atoms with Crippen molar-refractivity contribution < 1.29 is 24.2 Å². The zero-order valence-electron chi connectivity index (χ0n) is 28.1. The van der Waals surface area contributed by atoms with Gasteiger partial charge in [0, 0.05) is 19.4 Å². The molecule has 0 amide bonds. The molecule has 0 heterocycles. The summed E-state index contributed by atoms with van der Waals surface area (Å²) in [5, 5.41) is 9.47. The third kappa shape index (κ3) is 21.5. The van der Waals surface area contributed by atoms with E-state index in [0.717, 1.165) is 89.6 Å². The van der Waals surface area contributed by atoms with E-state index >= 15 is 0 Å². The lowest BCUT2D eigenvalue weighted by Crippen LogP contribution is -2.30. The van der Waals surface area contributed by atoms with Gasteiger partial charge in [-0.3, -0.25) is 9.59 Å². The summed E-state index contributed by atoms with van der Waals surface area (Å²) in [6.45, 7) is 9.17. The first-order valence-corrected chi connectivity index (χ1v) is 18.2. The highest BCUT2D eigenvalue weighted by Crippen LogP contribution is 2.30. The predicted octanol–water partition coefficient (Wildman–Crippen LogP) is 9.16. The Morgan fingerprint density at radius 3 is 1.98 bits per heavy atom. The molecule has 1 unspecified atom stereocenters. The van der Waals surface area contributed by atoms with Gasteiger partial charge >= 0.3 is 11.9 Å². The molecule has 0 radical (unpaired) electrons. The average Bonchev–Trinajstić information content (AvgIpc) is 2.98. The summed E-state index contributed by atoms with van der Waals surface area (Å²) >= 11 is 0. The maximum absolute atomic E-state index is 12.4. The molecule has 1 aliphatic rings. The van der Waals surface area contributed by atoms with Gasteiger partial charge < -0.3 is 19.5 Å². The molecule has 1 atom stereocenters. The fourth-order valence-corrected chi connectivity index (χ4v) is 6.27. The van der Waals surface area contributed by atoms with Crippen LogP contribution in [0.2, 0.25) is 0 Å². The van der Waals surface area contributed by atoms with Gasteiger partial charge in [0.05, 0.1) is 6.61 Å². The lowest BCUT2D eigenvalue weighted by Gasteiger charge is -2.28. The molecule has 42 heavy (non-hydrogen) atoms. The van der Waals surface area contributed by atoms with Crippen LogP contribution in [0.3, 0.4) is 0 Å². The number of unbranched alkanes of at least 4 members (excludes halogenated alkanes) is 11. The number of aliphatic hydroxyl groups excluding tert-OH is 1. The van der Waals surface area contributed by atoms with E-state index in [4.69, 9.17) is 9.47 Å². The van der Waals surface area contributed by atoms with E-state index < -0.39 is 0 Å². The topological polar surface area (TPSA) is 76.1 Å². The number of hydrogen-bond acceptors (Lipinski definition) is 6. The fourth-order valence-electron chi connectivity index (χ4n) is 6.27. The molecule has 248 valence electrons. The molecular weight excluding hydrogens is 526 g/mol. The highest BCUT2D eigenvalue weighted by atomic mass is 16.5. The van der Waals surface area contributed by atoms with E-state index in [1.807, 2.05) is 0 Å². The highest BCUT2D eigenvalue weighted by molar-refractivity contribution is 5.69. The third-order valence-corrected chi connectivity index (χ3v) is 9.07. The van der Waals surface area contributed by atoms with Crippen LogP contribution in [0.15, 0.2) is 0 Å². The van der Waals surface area contributed by atoms with E-state index in [0.29, 0.717) is 19.4 Å². The second kappa shape index (κ2) is 27.4. The Morgan fingerprint density at radius 2 is 1.29 bits per heavy atom. The Balaban J connectivity index is 2.06. The molecule has 0 aromatic heterocycles. The van der Waals surface area contributed by atoms with Crippen LogP contribution < -0.4 is 0 Å². The monoisotopic (exact) mass is 596 g/mol. The third-order valence-electron chi connectivity index (χ3n) is 9.07. The first kappa shape index (κ1) is 38.9. The Bertz CT molecular complexity index is 634. The van der Waals surface area contributed by atoms with Crippen LogP contribution in [0.4, 0.5) is 0 Å². The van der Waals surface area contributed by atoms with Crippen molar-refractivity contribution in [1.82, 2.24) is 4.90 Å². The van der Waals surface area contributed by atoms with Crippen molar-refractivity contribution in [2.24, 2.45) is 5.92 Å². The maximum atomic E-state index is 12.4. The molecule has 1 N–H and O–H groups in total. The van der Waals surface area contributed by atoms with Gasteiger partial charge in [0.15, 0.2) is 0 Å². The second-order valence-corrected chi connectivity index (χ2v) is 12.9. The molecule has 0 aliphatic heterocycles. The molecule has 0 bridgehead atoms. The minimum Gasteiger partial charge on any atom is -0.462 e. The molecule has 1 fully saturated rings. The summed E-state index contributed by atoms with van der Waals surface area (Å²) in [7, 11) is 0. The van der Waals surface area contributed by atoms with Gasteiger partial charge in [0.25, 0.3) is 0 Å². The summed E-state index contributed by atoms with van der Waals surface area (Å²) in [4.78, 5) is 26.9. The molecule has 1 rings (SSSR count). The molecule has 6 heteroatoms. The van der Waals surface area contributed by atoms with Crippen molar-refractivity contribution in [2.75, 3.05) is 26.2 Å². The Labute approximate surface area is 260 Å². The molecule has 1 aliphatic carbocycles. The van der Waals surface area contributed by atoms with Gasteiger partial charge in [0.1, 0.15) is 12.2 Å². The minimum absolute atomic E-state index is 0.0319. The number of nitrogens with zero attached hydrogens (tertiary/aromatic N) is 1. The standard InChI is InChI=1S/C36H69NO5/c1-4-7-9-10-12-16-21-33(6-3)41-35(39)22-17-13-11-14-18-28-37(30-31-38)29-19-23-36(40)42-34-26-24-32(25-27-34)20-15-8-5-2/h32-34,38H,4-31H2,1-3H3. The smallest absolute Gasteiger partial charge is 0.306 e. The Hall–Kier alpha value is -1.14. The van der Waals surface area contributed by atoms with Gasteiger partial charge in [-0.2, -0.15) is 0 Å². The first-order valence-electron chi connectivity index (χ1n) is 18.2. The number of carbonyl (C=O) groups excluding carboxylic acids is 2. The SMILES string of the molecule is CCCCCCCCC(CC)OC(=O)CCCCCCCN(CCO)CCCC(=O)OC1CCC(CCCCC)CC1. The molecular formula is C36H69NO5. The molecule has 0 spiro atoms. The van der Waals surface area contributed by atoms with Crippen molar-refractivity contribution in [1.29, 1.82) is 0 Å². The second-order valence-electron chi connectivity index (χ2n) is 12.9. The summed E-state index contributed by atoms with van der Waals surface area (Å²) < 4.78 is 11.5. The lowest BCUT2D eigenvalue weighted by molar-refractivity contribution is -0.151. The van der Waals surface area contributed by atoms with Crippen LogP contribution in [-0.2, 0) is 19.1 Å². The van der Waals surface area contributed by atoms with Crippen molar-refractivity contribution >= 4 is 11.9 Å². The number of ether oxygens (including phenoxy) is 2. The van der Waals surface area contributed by atoms with E-state index in [9.17, 15) is 14.7 Å². The fraction of sp³-hybridized carbons (Fsp3) is 0.944. The summed E-state index contributed by atoms with van der Waals surface area (Å²) in [5.41, 5.74) is 0. The normalized spacial score (nSPS) is 17.8. The van der Waals surface area contributed by atoms with Crippen LogP contribution in [0.5, 0.6) is 0 Å². The quantitative estimate of drug-likeness (QED) is 0.0718. The lowest BCUT2D eigenvalue weighted by atomic mass is 9.84. The maximum Gasteiger partial charge on any atom is 0.306 e. The van der Waals surface area contributed by atoms with Crippen molar-refractivity contribution in [3.63, 3.8) is 0 Å². The summed E-state index contributed by atoms with van der Waals surface area (Å²) in [6.07, 6.45) is 26.5. The number of hydrogen-bond donors (Lipinski definition) is 1. The van der Waals surface area contributed by atoms with E-state index in [1.54, 1.807) is 0 Å². The molecule has 1 saturated carbocycles. The van der Waals surface area contributed by atoms with Crippen LogP contribution in [0, 0.1) is 5.92 Å². The summed E-state index contributed by atoms with van der Waals surface area (Å²) in [5.74, 6) is 0.739. The molecule has 6 nitrogen and oxygen atoms in total. The van der Waals surface area contributed by atoms with E-state index in [2.05, 4.69) is 25.7 Å². The molecule has 0 aromatic rings. The van der Waals surface area contributed by atoms with Gasteiger partial charge in [-0.15, -0.1) is 0 Å². The van der Waals surface area contributed by atoms with E-state index in [1.165, 1.54) is 70.6 Å². The van der Waals surface area contributed by atoms with Gasteiger partial charge in [-0.25, -0.2) is 0 Å². The van der Waals surface area contributed by atoms with Gasteiger partial charge in [-0.1, -0.05) is 97.8 Å². The minimum atomic E-state index is -0.0559. The number of rotatable bonds is 28. The first-order chi connectivity index (χ1) is 20.5. The Kier molecular flexibility index (Phi) is 25.4. The van der Waals surface area contributed by atoms with Gasteiger partial charge in [0.2, 0.25) is 0 Å². The predicted molar refractivity (Wildman–Crippen MR) is 175 cm³/mol. The Morgan fingerprint density at radius 1 is 0.690 bits per heavy atom. The number of carbonyl (C=O) groups is 2. The zero-order chi connectivity index (χ0) is 30.7. The van der Waals surface area contributed by atoms with Crippen LogP contribution in [0.1, 0.15) is 175 Å². The average molecular weight is 596 g/mol. The molecule has 0 aromatic carbocycles. The van der Waals surface area contributed by atoms with Gasteiger partial charge in [-0.05, 0) is 83.2 Å². The highest BCUT2D eigenvalue weighted by Gasteiger charge is 2.23. The molecule has 0 saturated heterocycles. The largest absolute Gasteiger partial charge is 0.462 e.